The van der Waals surface area contributed by atoms with Crippen LogP contribution in [0, 0.1) is 5.92 Å². The van der Waals surface area contributed by atoms with E-state index in [2.05, 4.69) is 47.2 Å². The number of benzene rings is 1. The third-order valence-corrected chi connectivity index (χ3v) is 3.97. The molecule has 1 aromatic rings. The molecule has 2 aliphatic heterocycles. The molecule has 0 bridgehead atoms. The Morgan fingerprint density at radius 2 is 2.11 bits per heavy atom. The molecule has 0 N–H and O–H groups in total. The molecular formula is C15H19N3. The van der Waals surface area contributed by atoms with E-state index in [-0.39, 0.29) is 0 Å². The van der Waals surface area contributed by atoms with Crippen molar-refractivity contribution in [1.82, 2.24) is 4.90 Å². The first-order chi connectivity index (χ1) is 8.79. The molecule has 1 atom stereocenters. The zero-order chi connectivity index (χ0) is 12.5. The molecule has 94 valence electrons. The lowest BCUT2D eigenvalue weighted by atomic mass is 9.94. The predicted octanol–water partition coefficient (Wildman–Crippen LogP) is 3.90. The van der Waals surface area contributed by atoms with Crippen LogP contribution in [0.25, 0.3) is 0 Å². The summed E-state index contributed by atoms with van der Waals surface area (Å²) in [5.41, 5.74) is 4.89. The molecule has 0 saturated heterocycles. The molecule has 0 fully saturated rings. The molecule has 0 spiro atoms. The smallest absolute Gasteiger partial charge is 0.0892 e. The van der Waals surface area contributed by atoms with E-state index in [9.17, 15) is 0 Å². The first kappa shape index (κ1) is 11.5. The van der Waals surface area contributed by atoms with Gasteiger partial charge in [-0.25, -0.2) is 0 Å². The minimum atomic E-state index is 0.529. The van der Waals surface area contributed by atoms with Crippen molar-refractivity contribution >= 4 is 5.69 Å². The Balaban J connectivity index is 2.07. The van der Waals surface area contributed by atoms with Crippen molar-refractivity contribution in [3.63, 3.8) is 0 Å². The Morgan fingerprint density at radius 3 is 2.94 bits per heavy atom. The fourth-order valence-electron chi connectivity index (χ4n) is 2.82. The van der Waals surface area contributed by atoms with Gasteiger partial charge in [-0.1, -0.05) is 25.1 Å². The number of likely N-dealkylation sites (N-methyl/N-ethyl adjacent to an activating group) is 1. The minimum absolute atomic E-state index is 0.529. The van der Waals surface area contributed by atoms with Crippen LogP contribution in [-0.4, -0.2) is 18.0 Å². The van der Waals surface area contributed by atoms with Crippen molar-refractivity contribution < 1.29 is 0 Å². The fraction of sp³-hybridized carbons (Fsp3) is 0.467. The highest BCUT2D eigenvalue weighted by molar-refractivity contribution is 5.48. The van der Waals surface area contributed by atoms with Crippen molar-refractivity contribution in [3.05, 3.63) is 41.2 Å². The van der Waals surface area contributed by atoms with Gasteiger partial charge in [0.15, 0.2) is 0 Å². The van der Waals surface area contributed by atoms with Crippen molar-refractivity contribution in [2.24, 2.45) is 16.1 Å². The third-order valence-electron chi connectivity index (χ3n) is 3.97. The Kier molecular flexibility index (Phi) is 2.90. The van der Waals surface area contributed by atoms with Gasteiger partial charge in [0, 0.05) is 31.1 Å². The summed E-state index contributed by atoms with van der Waals surface area (Å²) < 4.78 is 0. The molecule has 0 aromatic heterocycles. The van der Waals surface area contributed by atoms with Gasteiger partial charge in [0.1, 0.15) is 0 Å². The summed E-state index contributed by atoms with van der Waals surface area (Å²) in [5, 5.41) is 8.96. The van der Waals surface area contributed by atoms with E-state index in [4.69, 9.17) is 0 Å². The molecule has 3 nitrogen and oxygen atoms in total. The van der Waals surface area contributed by atoms with E-state index < -0.39 is 0 Å². The lowest BCUT2D eigenvalue weighted by Crippen LogP contribution is -2.32. The first-order valence-electron chi connectivity index (χ1n) is 6.77. The summed E-state index contributed by atoms with van der Waals surface area (Å²) in [4.78, 5) is 2.45. The summed E-state index contributed by atoms with van der Waals surface area (Å²) in [6, 6.07) is 8.33. The largest absolute Gasteiger partial charge is 0.373 e. The zero-order valence-electron chi connectivity index (χ0n) is 11.1. The van der Waals surface area contributed by atoms with Crippen molar-refractivity contribution in [2.75, 3.05) is 13.1 Å². The number of nitrogens with zero attached hydrogens (tertiary/aromatic N) is 3. The van der Waals surface area contributed by atoms with Crippen LogP contribution in [0.1, 0.15) is 25.8 Å². The molecular weight excluding hydrogens is 222 g/mol. The standard InChI is InChI=1S/C15H19N3/c1-3-18-9-8-11(2)15-14(18)10-12-6-4-5-7-13(12)16-17-15/h4-7,11H,3,8-10H2,1-2H3. The SMILES string of the molecule is CCN1CCC(C)C2=C1Cc1ccccc1N=N2. The summed E-state index contributed by atoms with van der Waals surface area (Å²) >= 11 is 0. The predicted molar refractivity (Wildman–Crippen MR) is 72.7 cm³/mol. The van der Waals surface area contributed by atoms with Crippen LogP contribution < -0.4 is 0 Å². The highest BCUT2D eigenvalue weighted by atomic mass is 15.2. The maximum absolute atomic E-state index is 4.53. The molecule has 1 aromatic carbocycles. The quantitative estimate of drug-likeness (QED) is 0.732. The van der Waals surface area contributed by atoms with Crippen LogP contribution in [0.15, 0.2) is 45.9 Å². The van der Waals surface area contributed by atoms with Crippen LogP contribution in [0.3, 0.4) is 0 Å². The summed E-state index contributed by atoms with van der Waals surface area (Å²) in [6.45, 7) is 6.68. The van der Waals surface area contributed by atoms with Crippen LogP contribution in [0.4, 0.5) is 5.69 Å². The minimum Gasteiger partial charge on any atom is -0.373 e. The van der Waals surface area contributed by atoms with E-state index in [0.717, 1.165) is 25.2 Å². The van der Waals surface area contributed by atoms with Crippen LogP contribution >= 0.6 is 0 Å². The number of allylic oxidation sites excluding steroid dienone is 2. The third kappa shape index (κ3) is 1.84. The maximum atomic E-state index is 4.53. The topological polar surface area (TPSA) is 28.0 Å². The average Bonchev–Trinajstić information content (AvgIpc) is 2.59. The zero-order valence-corrected chi connectivity index (χ0v) is 11.1. The maximum Gasteiger partial charge on any atom is 0.0892 e. The molecule has 3 heteroatoms. The van der Waals surface area contributed by atoms with Crippen molar-refractivity contribution in [3.8, 4) is 0 Å². The van der Waals surface area contributed by atoms with E-state index in [1.54, 1.807) is 0 Å². The van der Waals surface area contributed by atoms with Crippen LogP contribution in [0.5, 0.6) is 0 Å². The second-order valence-corrected chi connectivity index (χ2v) is 5.11. The van der Waals surface area contributed by atoms with Gasteiger partial charge in [0.2, 0.25) is 0 Å². The lowest BCUT2D eigenvalue weighted by Gasteiger charge is -2.33. The molecule has 2 aliphatic rings. The molecule has 3 rings (SSSR count). The van der Waals surface area contributed by atoms with Gasteiger partial charge >= 0.3 is 0 Å². The molecule has 2 heterocycles. The van der Waals surface area contributed by atoms with Crippen molar-refractivity contribution in [2.45, 2.75) is 26.7 Å². The summed E-state index contributed by atoms with van der Waals surface area (Å²) in [5.74, 6) is 0.529. The van der Waals surface area contributed by atoms with Crippen molar-refractivity contribution in [1.29, 1.82) is 0 Å². The highest BCUT2D eigenvalue weighted by Gasteiger charge is 2.26. The Labute approximate surface area is 108 Å². The summed E-state index contributed by atoms with van der Waals surface area (Å²) in [7, 11) is 0. The van der Waals surface area contributed by atoms with E-state index in [1.807, 2.05) is 6.07 Å². The van der Waals surface area contributed by atoms with E-state index >= 15 is 0 Å². The number of fused-ring (bicyclic) bond motifs is 1. The molecule has 1 unspecified atom stereocenters. The number of hydrogen-bond acceptors (Lipinski definition) is 3. The van der Waals surface area contributed by atoms with E-state index in [1.165, 1.54) is 23.4 Å². The van der Waals surface area contributed by atoms with Gasteiger partial charge in [-0.05, 0) is 25.0 Å². The fourth-order valence-corrected chi connectivity index (χ4v) is 2.82. The Bertz CT molecular complexity index is 516. The molecule has 0 aliphatic carbocycles. The van der Waals surface area contributed by atoms with E-state index in [0.29, 0.717) is 5.92 Å². The highest BCUT2D eigenvalue weighted by Crippen LogP contribution is 2.36. The first-order valence-corrected chi connectivity index (χ1v) is 6.77. The molecule has 18 heavy (non-hydrogen) atoms. The second kappa shape index (κ2) is 4.56. The average molecular weight is 241 g/mol. The van der Waals surface area contributed by atoms with Gasteiger partial charge in [0.25, 0.3) is 0 Å². The van der Waals surface area contributed by atoms with Gasteiger partial charge in [-0.2, -0.15) is 10.2 Å². The molecule has 0 radical (unpaired) electrons. The molecule has 0 saturated carbocycles. The summed E-state index contributed by atoms with van der Waals surface area (Å²) in [6.07, 6.45) is 2.15. The number of hydrogen-bond donors (Lipinski definition) is 0. The monoisotopic (exact) mass is 241 g/mol. The number of rotatable bonds is 1. The Hall–Kier alpha value is -1.64. The second-order valence-electron chi connectivity index (χ2n) is 5.11. The normalized spacial score (nSPS) is 22.6. The van der Waals surface area contributed by atoms with Crippen LogP contribution in [-0.2, 0) is 6.42 Å². The van der Waals surface area contributed by atoms with Gasteiger partial charge in [0.05, 0.1) is 11.4 Å². The number of azo groups is 1. The Morgan fingerprint density at radius 1 is 1.28 bits per heavy atom. The van der Waals surface area contributed by atoms with Crippen LogP contribution in [0.2, 0.25) is 0 Å². The molecule has 0 amide bonds. The van der Waals surface area contributed by atoms with Gasteiger partial charge in [-0.15, -0.1) is 0 Å². The van der Waals surface area contributed by atoms with Gasteiger partial charge < -0.3 is 4.90 Å². The lowest BCUT2D eigenvalue weighted by molar-refractivity contribution is 0.294. The van der Waals surface area contributed by atoms with Gasteiger partial charge in [-0.3, -0.25) is 0 Å².